The summed E-state index contributed by atoms with van der Waals surface area (Å²) >= 11 is 5.00. The number of benzene rings is 2. The number of rotatable bonds is 11. The second-order valence-electron chi connectivity index (χ2n) is 9.31. The Morgan fingerprint density at radius 2 is 1.81 bits per heavy atom. The van der Waals surface area contributed by atoms with Gasteiger partial charge in [-0.05, 0) is 49.4 Å². The highest BCUT2D eigenvalue weighted by atomic mass is 79.9. The molecule has 6 nitrogen and oxygen atoms in total. The van der Waals surface area contributed by atoms with Crippen molar-refractivity contribution in [2.75, 3.05) is 23.5 Å². The van der Waals surface area contributed by atoms with Gasteiger partial charge in [0.25, 0.3) is 0 Å². The number of anilines is 2. The van der Waals surface area contributed by atoms with Crippen molar-refractivity contribution in [1.29, 1.82) is 0 Å². The maximum atomic E-state index is 11.7. The smallest absolute Gasteiger partial charge is 0.331 e. The molecule has 1 aliphatic rings. The minimum Gasteiger partial charge on any atom is -0.478 e. The van der Waals surface area contributed by atoms with Crippen molar-refractivity contribution < 1.29 is 23.7 Å². The maximum absolute atomic E-state index is 11.7. The predicted octanol–water partition coefficient (Wildman–Crippen LogP) is 8.78. The topological polar surface area (TPSA) is 90.2 Å². The van der Waals surface area contributed by atoms with Crippen molar-refractivity contribution in [2.45, 2.75) is 62.2 Å². The van der Waals surface area contributed by atoms with E-state index in [9.17, 15) is 13.9 Å². The van der Waals surface area contributed by atoms with E-state index in [0.29, 0.717) is 22.9 Å². The van der Waals surface area contributed by atoms with Crippen LogP contribution < -0.4 is 9.64 Å². The van der Waals surface area contributed by atoms with Crippen LogP contribution in [0.1, 0.15) is 52.4 Å². The Labute approximate surface area is 228 Å². The number of aliphatic carboxylic acids is 1. The standard InChI is InChI=1S/C27H36BrNO5S2/c1-4-6-13-27(14-7-5-2)18-29(21-10-8-20(28)9-11-21)22-16-24(35-3)23(34-15-12-26(30)31)17-25(22)36(32,33)19-27/h8-12,15-17,32-33H,4-7,13-14,18-19H2,1-3H3,(H,30,31). The zero-order chi connectivity index (χ0) is 26.3. The summed E-state index contributed by atoms with van der Waals surface area (Å²) in [4.78, 5) is 14.4. The van der Waals surface area contributed by atoms with Gasteiger partial charge in [0.1, 0.15) is 5.75 Å². The molecule has 0 unspecified atom stereocenters. The first-order chi connectivity index (χ1) is 17.1. The molecule has 0 atom stereocenters. The van der Waals surface area contributed by atoms with Gasteiger partial charge >= 0.3 is 5.97 Å². The van der Waals surface area contributed by atoms with Gasteiger partial charge in [-0.15, -0.1) is 11.8 Å². The molecule has 0 radical (unpaired) electrons. The molecule has 0 aromatic heterocycles. The highest BCUT2D eigenvalue weighted by Gasteiger charge is 2.42. The van der Waals surface area contributed by atoms with Crippen molar-refractivity contribution in [1.82, 2.24) is 0 Å². The number of hydrogen-bond donors (Lipinski definition) is 3. The molecule has 1 aliphatic heterocycles. The lowest BCUT2D eigenvalue weighted by atomic mass is 9.79. The Balaban J connectivity index is 2.22. The molecule has 36 heavy (non-hydrogen) atoms. The predicted molar refractivity (Wildman–Crippen MR) is 154 cm³/mol. The van der Waals surface area contributed by atoms with Gasteiger partial charge in [-0.3, -0.25) is 9.11 Å². The summed E-state index contributed by atoms with van der Waals surface area (Å²) in [6.07, 6.45) is 9.92. The van der Waals surface area contributed by atoms with Gasteiger partial charge in [0.05, 0.1) is 27.8 Å². The average molecular weight is 599 g/mol. The molecular formula is C27H36BrNO5S2. The molecule has 2 aromatic carbocycles. The van der Waals surface area contributed by atoms with Crippen LogP contribution in [0.15, 0.2) is 63.0 Å². The van der Waals surface area contributed by atoms with E-state index in [2.05, 4.69) is 34.7 Å². The van der Waals surface area contributed by atoms with Crippen LogP contribution in [0.4, 0.5) is 11.4 Å². The van der Waals surface area contributed by atoms with E-state index in [-0.39, 0.29) is 5.41 Å². The number of halogens is 1. The number of hydrogen-bond acceptors (Lipinski definition) is 6. The Bertz CT molecular complexity index is 1070. The maximum Gasteiger partial charge on any atom is 0.331 e. The first-order valence-electron chi connectivity index (χ1n) is 12.2. The van der Waals surface area contributed by atoms with Crippen LogP contribution in [0.5, 0.6) is 5.75 Å². The van der Waals surface area contributed by atoms with Gasteiger partial charge in [0.2, 0.25) is 0 Å². The van der Waals surface area contributed by atoms with Crippen LogP contribution in [0, 0.1) is 5.41 Å². The molecule has 0 saturated carbocycles. The lowest BCUT2D eigenvalue weighted by molar-refractivity contribution is -0.131. The Morgan fingerprint density at radius 1 is 1.17 bits per heavy atom. The van der Waals surface area contributed by atoms with Crippen LogP contribution >= 0.6 is 38.3 Å². The molecule has 9 heteroatoms. The third-order valence-corrected chi connectivity index (χ3v) is 9.89. The summed E-state index contributed by atoms with van der Waals surface area (Å²) in [7, 11) is -3.17. The number of carbonyl (C=O) groups is 1. The van der Waals surface area contributed by atoms with Crippen LogP contribution in [0.25, 0.3) is 0 Å². The number of ether oxygens (including phenoxy) is 1. The molecule has 3 N–H and O–H groups in total. The molecule has 0 spiro atoms. The minimum atomic E-state index is -3.17. The van der Waals surface area contributed by atoms with E-state index in [1.54, 1.807) is 6.07 Å². The summed E-state index contributed by atoms with van der Waals surface area (Å²) in [5.41, 5.74) is 1.48. The summed E-state index contributed by atoms with van der Waals surface area (Å²) in [5.74, 6) is -0.412. The van der Waals surface area contributed by atoms with Crippen molar-refractivity contribution in [3.8, 4) is 5.75 Å². The zero-order valence-corrected chi connectivity index (χ0v) is 24.3. The van der Waals surface area contributed by atoms with Gasteiger partial charge in [-0.25, -0.2) is 4.79 Å². The minimum absolute atomic E-state index is 0.263. The average Bonchev–Trinajstić information content (AvgIpc) is 2.93. The van der Waals surface area contributed by atoms with Crippen molar-refractivity contribution in [2.24, 2.45) is 5.41 Å². The molecule has 0 bridgehead atoms. The monoisotopic (exact) mass is 597 g/mol. The first-order valence-corrected chi connectivity index (χ1v) is 16.0. The fourth-order valence-corrected chi connectivity index (χ4v) is 7.77. The van der Waals surface area contributed by atoms with Crippen molar-refractivity contribution in [3.05, 3.63) is 53.2 Å². The number of carboxylic acid groups (broad SMARTS) is 1. The van der Waals surface area contributed by atoms with Crippen molar-refractivity contribution in [3.63, 3.8) is 0 Å². The van der Waals surface area contributed by atoms with E-state index in [1.165, 1.54) is 11.8 Å². The number of nitrogens with zero attached hydrogens (tertiary/aromatic N) is 1. The van der Waals surface area contributed by atoms with Gasteiger partial charge in [-0.1, -0.05) is 55.5 Å². The molecular weight excluding hydrogens is 562 g/mol. The Hall–Kier alpha value is -1.65. The largest absolute Gasteiger partial charge is 0.478 e. The van der Waals surface area contributed by atoms with E-state index in [0.717, 1.165) is 71.6 Å². The Morgan fingerprint density at radius 3 is 2.36 bits per heavy atom. The molecule has 0 amide bonds. The highest BCUT2D eigenvalue weighted by Crippen LogP contribution is 2.62. The van der Waals surface area contributed by atoms with Crippen LogP contribution in [0.3, 0.4) is 0 Å². The molecule has 0 aliphatic carbocycles. The van der Waals surface area contributed by atoms with E-state index >= 15 is 0 Å². The third kappa shape index (κ3) is 7.01. The molecule has 3 rings (SSSR count). The fraction of sp³-hybridized carbons (Fsp3) is 0.444. The number of unbranched alkanes of at least 4 members (excludes halogenated alkanes) is 2. The summed E-state index contributed by atoms with van der Waals surface area (Å²) in [6, 6.07) is 11.7. The zero-order valence-electron chi connectivity index (χ0n) is 21.1. The summed E-state index contributed by atoms with van der Waals surface area (Å²) < 4.78 is 30.0. The lowest BCUT2D eigenvalue weighted by Gasteiger charge is -2.42. The molecule has 0 fully saturated rings. The molecule has 1 heterocycles. The van der Waals surface area contributed by atoms with E-state index in [1.807, 2.05) is 36.6 Å². The van der Waals surface area contributed by atoms with Gasteiger partial charge in [0.15, 0.2) is 0 Å². The lowest BCUT2D eigenvalue weighted by Crippen LogP contribution is -2.37. The molecule has 2 aromatic rings. The summed E-state index contributed by atoms with van der Waals surface area (Å²) in [6.45, 7) is 5.02. The number of fused-ring (bicyclic) bond motifs is 1. The third-order valence-electron chi connectivity index (χ3n) is 6.55. The van der Waals surface area contributed by atoms with Crippen LogP contribution in [-0.4, -0.2) is 38.7 Å². The summed E-state index contributed by atoms with van der Waals surface area (Å²) in [5, 5.41) is 8.95. The second kappa shape index (κ2) is 12.7. The van der Waals surface area contributed by atoms with Crippen molar-refractivity contribution >= 4 is 55.6 Å². The molecule has 0 saturated heterocycles. The van der Waals surface area contributed by atoms with Gasteiger partial charge in [0, 0.05) is 33.9 Å². The quantitative estimate of drug-likeness (QED) is 0.135. The van der Waals surface area contributed by atoms with Crippen LogP contribution in [0.2, 0.25) is 0 Å². The number of carboxylic acids is 1. The fourth-order valence-electron chi connectivity index (χ4n) is 4.77. The second-order valence-corrected chi connectivity index (χ2v) is 13.1. The highest BCUT2D eigenvalue weighted by molar-refractivity contribution is 9.10. The normalized spacial score (nSPS) is 17.4. The van der Waals surface area contributed by atoms with E-state index < -0.39 is 16.6 Å². The van der Waals surface area contributed by atoms with Gasteiger partial charge < -0.3 is 14.7 Å². The molecule has 198 valence electrons. The van der Waals surface area contributed by atoms with E-state index in [4.69, 9.17) is 9.84 Å². The van der Waals surface area contributed by atoms with Gasteiger partial charge in [-0.2, -0.15) is 10.6 Å². The van der Waals surface area contributed by atoms with Crippen LogP contribution in [-0.2, 0) is 4.79 Å². The Kier molecular flexibility index (Phi) is 10.2. The SMILES string of the molecule is CCCCC1(CCCC)CN(c2ccc(Br)cc2)c2cc(SC)c(OC=CC(=O)O)cc2S(O)(O)C1. The number of thioether (sulfide) groups is 1. The first kappa shape index (κ1) is 28.9.